The van der Waals surface area contributed by atoms with Gasteiger partial charge in [0.1, 0.15) is 0 Å². The normalized spacial score (nSPS) is 20.9. The molecule has 1 fully saturated rings. The Labute approximate surface area is 129 Å². The smallest absolute Gasteiger partial charge is 0.193 e. The number of nitrogens with one attached hydrogen (secondary N) is 1. The summed E-state index contributed by atoms with van der Waals surface area (Å²) in [6, 6.07) is 0. The van der Waals surface area contributed by atoms with E-state index in [9.17, 15) is 0 Å². The summed E-state index contributed by atoms with van der Waals surface area (Å²) in [5.74, 6) is 2.13. The molecule has 0 spiro atoms. The van der Waals surface area contributed by atoms with Crippen LogP contribution in [0, 0.1) is 11.8 Å². The van der Waals surface area contributed by atoms with Gasteiger partial charge in [-0.1, -0.05) is 13.3 Å². The number of aliphatic hydroxyl groups is 1. The molecule has 124 valence electrons. The maximum absolute atomic E-state index is 9.15. The quantitative estimate of drug-likeness (QED) is 0.503. The van der Waals surface area contributed by atoms with Gasteiger partial charge in [0.05, 0.1) is 6.61 Å². The fraction of sp³-hybridized carbons (Fsp3) is 0.938. The average Bonchev–Trinajstić information content (AvgIpc) is 2.92. The molecule has 2 atom stereocenters. The molecule has 0 aromatic heterocycles. The van der Waals surface area contributed by atoms with Crippen LogP contribution >= 0.6 is 0 Å². The van der Waals surface area contributed by atoms with Crippen molar-refractivity contribution < 1.29 is 9.84 Å². The van der Waals surface area contributed by atoms with E-state index < -0.39 is 0 Å². The van der Waals surface area contributed by atoms with Crippen molar-refractivity contribution in [2.24, 2.45) is 16.8 Å². The maximum atomic E-state index is 9.15. The molecule has 0 aromatic rings. The summed E-state index contributed by atoms with van der Waals surface area (Å²) in [6.07, 6.45) is 4.31. The van der Waals surface area contributed by atoms with E-state index in [1.54, 1.807) is 7.11 Å². The molecule has 2 N–H and O–H groups in total. The van der Waals surface area contributed by atoms with Gasteiger partial charge in [-0.2, -0.15) is 0 Å². The molecule has 1 aliphatic rings. The first-order valence-corrected chi connectivity index (χ1v) is 8.38. The Morgan fingerprint density at radius 1 is 1.43 bits per heavy atom. The molecular weight excluding hydrogens is 266 g/mol. The van der Waals surface area contributed by atoms with Crippen molar-refractivity contribution in [1.82, 2.24) is 10.2 Å². The summed E-state index contributed by atoms with van der Waals surface area (Å²) < 4.78 is 5.26. The Hall–Kier alpha value is -0.810. The summed E-state index contributed by atoms with van der Waals surface area (Å²) in [4.78, 5) is 7.15. The first-order valence-electron chi connectivity index (χ1n) is 8.38. The zero-order chi connectivity index (χ0) is 15.5. The van der Waals surface area contributed by atoms with Crippen LogP contribution < -0.4 is 5.32 Å². The van der Waals surface area contributed by atoms with Gasteiger partial charge < -0.3 is 20.1 Å². The van der Waals surface area contributed by atoms with Gasteiger partial charge in [-0.15, -0.1) is 0 Å². The summed E-state index contributed by atoms with van der Waals surface area (Å²) in [5, 5.41) is 12.5. The maximum Gasteiger partial charge on any atom is 0.193 e. The summed E-state index contributed by atoms with van der Waals surface area (Å²) in [7, 11) is 1.77. The lowest BCUT2D eigenvalue weighted by Gasteiger charge is -2.22. The van der Waals surface area contributed by atoms with Gasteiger partial charge >= 0.3 is 0 Å². The lowest BCUT2D eigenvalue weighted by molar-refractivity contribution is 0.157. The summed E-state index contributed by atoms with van der Waals surface area (Å²) in [6.45, 7) is 9.17. The highest BCUT2D eigenvalue weighted by molar-refractivity contribution is 5.80. The van der Waals surface area contributed by atoms with Crippen molar-refractivity contribution in [3.63, 3.8) is 0 Å². The Morgan fingerprint density at radius 2 is 2.24 bits per heavy atom. The fourth-order valence-corrected chi connectivity index (χ4v) is 2.96. The number of methoxy groups -OCH3 is 1. The molecule has 0 saturated carbocycles. The minimum absolute atomic E-state index is 0.260. The van der Waals surface area contributed by atoms with Crippen molar-refractivity contribution in [1.29, 1.82) is 0 Å². The Kier molecular flexibility index (Phi) is 9.42. The summed E-state index contributed by atoms with van der Waals surface area (Å²) in [5.41, 5.74) is 0. The van der Waals surface area contributed by atoms with Crippen molar-refractivity contribution in [3.8, 4) is 0 Å². The molecule has 1 saturated heterocycles. The van der Waals surface area contributed by atoms with Gasteiger partial charge in [0.15, 0.2) is 5.96 Å². The van der Waals surface area contributed by atoms with Crippen LogP contribution in [0.5, 0.6) is 0 Å². The van der Waals surface area contributed by atoms with Crippen LogP contribution in [0.3, 0.4) is 0 Å². The molecular formula is C16H33N3O2. The molecule has 1 aliphatic heterocycles. The van der Waals surface area contributed by atoms with Crippen LogP contribution in [0.15, 0.2) is 4.99 Å². The van der Waals surface area contributed by atoms with E-state index in [2.05, 4.69) is 24.1 Å². The first-order chi connectivity index (χ1) is 10.2. The third-order valence-electron chi connectivity index (χ3n) is 4.06. The topological polar surface area (TPSA) is 57.1 Å². The predicted octanol–water partition coefficient (Wildman–Crippen LogP) is 1.72. The van der Waals surface area contributed by atoms with Crippen molar-refractivity contribution >= 4 is 5.96 Å². The van der Waals surface area contributed by atoms with Gasteiger partial charge in [-0.05, 0) is 32.1 Å². The van der Waals surface area contributed by atoms with Gasteiger partial charge in [0, 0.05) is 45.8 Å². The predicted molar refractivity (Wildman–Crippen MR) is 87.6 cm³/mol. The SMILES string of the molecule is CCCC(CCO)CN=C(NCC)N1CCC(COC)C1. The monoisotopic (exact) mass is 299 g/mol. The number of aliphatic imine (C=N–C) groups is 1. The van der Waals surface area contributed by atoms with Crippen LogP contribution in [0.4, 0.5) is 0 Å². The second-order valence-electron chi connectivity index (χ2n) is 5.92. The number of ether oxygens (including phenoxy) is 1. The molecule has 5 nitrogen and oxygen atoms in total. The number of likely N-dealkylation sites (tertiary alicyclic amines) is 1. The van der Waals surface area contributed by atoms with E-state index in [-0.39, 0.29) is 6.61 Å². The van der Waals surface area contributed by atoms with Gasteiger partial charge in [-0.25, -0.2) is 0 Å². The first kappa shape index (κ1) is 18.2. The molecule has 1 heterocycles. The number of nitrogens with zero attached hydrogens (tertiary/aromatic N) is 2. The standard InChI is InChI=1S/C16H33N3O2/c1-4-6-14(8-10-20)11-18-16(17-5-2)19-9-7-15(12-19)13-21-3/h14-15,20H,4-13H2,1-3H3,(H,17,18). The summed E-state index contributed by atoms with van der Waals surface area (Å²) >= 11 is 0. The molecule has 0 aromatic carbocycles. The van der Waals surface area contributed by atoms with Gasteiger partial charge in [0.25, 0.3) is 0 Å². The number of hydrogen-bond donors (Lipinski definition) is 2. The second kappa shape index (κ2) is 10.9. The molecule has 0 amide bonds. The zero-order valence-electron chi connectivity index (χ0n) is 14.0. The average molecular weight is 299 g/mol. The number of rotatable bonds is 9. The highest BCUT2D eigenvalue weighted by atomic mass is 16.5. The van der Waals surface area contributed by atoms with Crippen LogP contribution in [-0.2, 0) is 4.74 Å². The number of hydrogen-bond acceptors (Lipinski definition) is 3. The van der Waals surface area contributed by atoms with E-state index in [0.717, 1.165) is 58.0 Å². The Bertz CT molecular complexity index is 291. The van der Waals surface area contributed by atoms with E-state index in [0.29, 0.717) is 11.8 Å². The van der Waals surface area contributed by atoms with Crippen LogP contribution in [0.2, 0.25) is 0 Å². The van der Waals surface area contributed by atoms with Crippen molar-refractivity contribution in [2.75, 3.05) is 46.5 Å². The zero-order valence-corrected chi connectivity index (χ0v) is 14.0. The van der Waals surface area contributed by atoms with Gasteiger partial charge in [0.2, 0.25) is 0 Å². The minimum Gasteiger partial charge on any atom is -0.396 e. The highest BCUT2D eigenvalue weighted by Crippen LogP contribution is 2.17. The minimum atomic E-state index is 0.260. The molecule has 5 heteroatoms. The van der Waals surface area contributed by atoms with Crippen LogP contribution in [0.1, 0.15) is 39.5 Å². The van der Waals surface area contributed by atoms with Crippen LogP contribution in [-0.4, -0.2) is 62.5 Å². The highest BCUT2D eigenvalue weighted by Gasteiger charge is 2.24. The molecule has 0 aliphatic carbocycles. The molecule has 0 bridgehead atoms. The van der Waals surface area contributed by atoms with Gasteiger partial charge in [-0.3, -0.25) is 4.99 Å². The van der Waals surface area contributed by atoms with Crippen LogP contribution in [0.25, 0.3) is 0 Å². The third-order valence-corrected chi connectivity index (χ3v) is 4.06. The van der Waals surface area contributed by atoms with Crippen molar-refractivity contribution in [2.45, 2.75) is 39.5 Å². The molecule has 21 heavy (non-hydrogen) atoms. The lowest BCUT2D eigenvalue weighted by atomic mass is 10.0. The number of aliphatic hydroxyl groups excluding tert-OH is 1. The van der Waals surface area contributed by atoms with E-state index >= 15 is 0 Å². The Balaban J connectivity index is 2.56. The number of guanidine groups is 1. The van der Waals surface area contributed by atoms with E-state index in [4.69, 9.17) is 14.8 Å². The fourth-order valence-electron chi connectivity index (χ4n) is 2.96. The largest absolute Gasteiger partial charge is 0.396 e. The molecule has 2 unspecified atom stereocenters. The molecule has 0 radical (unpaired) electrons. The lowest BCUT2D eigenvalue weighted by Crippen LogP contribution is -2.40. The molecule has 1 rings (SSSR count). The van der Waals surface area contributed by atoms with E-state index in [1.807, 2.05) is 0 Å². The second-order valence-corrected chi connectivity index (χ2v) is 5.92. The Morgan fingerprint density at radius 3 is 2.86 bits per heavy atom. The van der Waals surface area contributed by atoms with E-state index in [1.165, 1.54) is 6.42 Å². The van der Waals surface area contributed by atoms with Crippen molar-refractivity contribution in [3.05, 3.63) is 0 Å². The third kappa shape index (κ3) is 6.66.